The lowest BCUT2D eigenvalue weighted by Gasteiger charge is -2.27. The van der Waals surface area contributed by atoms with Gasteiger partial charge in [0.15, 0.2) is 0 Å². The van der Waals surface area contributed by atoms with Crippen LogP contribution in [0, 0.1) is 5.41 Å². The molecular weight excluding hydrogens is 220 g/mol. The van der Waals surface area contributed by atoms with Gasteiger partial charge in [-0.2, -0.15) is 0 Å². The van der Waals surface area contributed by atoms with Crippen molar-refractivity contribution in [2.24, 2.45) is 5.41 Å². The fourth-order valence-corrected chi connectivity index (χ4v) is 3.60. The Hall–Kier alpha value is -0.860. The van der Waals surface area contributed by atoms with E-state index in [0.717, 1.165) is 6.54 Å². The molecule has 0 bridgehead atoms. The summed E-state index contributed by atoms with van der Waals surface area (Å²) in [6.07, 6.45) is 5.56. The molecular formula is C16H24N2. The first kappa shape index (κ1) is 12.2. The molecule has 1 spiro atoms. The highest BCUT2D eigenvalue weighted by Crippen LogP contribution is 2.39. The highest BCUT2D eigenvalue weighted by molar-refractivity contribution is 5.14. The van der Waals surface area contributed by atoms with E-state index in [1.54, 1.807) is 0 Å². The fraction of sp³-hybridized carbons (Fsp3) is 0.625. The molecule has 2 saturated heterocycles. The molecule has 0 unspecified atom stereocenters. The number of hydrogen-bond acceptors (Lipinski definition) is 2. The van der Waals surface area contributed by atoms with Gasteiger partial charge in [-0.3, -0.25) is 4.90 Å². The second-order valence-corrected chi connectivity index (χ2v) is 6.05. The van der Waals surface area contributed by atoms with Crippen LogP contribution in [0.15, 0.2) is 30.3 Å². The fourth-order valence-electron chi connectivity index (χ4n) is 3.60. The normalized spacial score (nSPS) is 29.6. The van der Waals surface area contributed by atoms with Gasteiger partial charge in [0.2, 0.25) is 0 Å². The minimum Gasteiger partial charge on any atom is -0.317 e. The molecule has 2 nitrogen and oxygen atoms in total. The maximum atomic E-state index is 3.54. The predicted octanol–water partition coefficient (Wildman–Crippen LogP) is 2.65. The first-order valence-electron chi connectivity index (χ1n) is 7.33. The summed E-state index contributed by atoms with van der Waals surface area (Å²) in [4.78, 5) is 2.65. The predicted molar refractivity (Wildman–Crippen MR) is 75.5 cm³/mol. The number of nitrogens with one attached hydrogen (secondary N) is 1. The Morgan fingerprint density at radius 1 is 1.06 bits per heavy atom. The summed E-state index contributed by atoms with van der Waals surface area (Å²) in [5, 5.41) is 3.54. The third-order valence-corrected chi connectivity index (χ3v) is 4.66. The van der Waals surface area contributed by atoms with E-state index in [-0.39, 0.29) is 0 Å². The van der Waals surface area contributed by atoms with E-state index in [4.69, 9.17) is 0 Å². The maximum absolute atomic E-state index is 3.54. The Morgan fingerprint density at radius 3 is 2.83 bits per heavy atom. The van der Waals surface area contributed by atoms with Crippen LogP contribution in [-0.4, -0.2) is 31.1 Å². The number of nitrogens with zero attached hydrogens (tertiary/aromatic N) is 1. The molecule has 98 valence electrons. The van der Waals surface area contributed by atoms with Gasteiger partial charge < -0.3 is 5.32 Å². The summed E-state index contributed by atoms with van der Waals surface area (Å²) in [7, 11) is 0. The van der Waals surface area contributed by atoms with Gasteiger partial charge in [0.1, 0.15) is 0 Å². The molecule has 0 aromatic heterocycles. The summed E-state index contributed by atoms with van der Waals surface area (Å²) in [6.45, 7) is 6.17. The van der Waals surface area contributed by atoms with Gasteiger partial charge >= 0.3 is 0 Å². The first-order valence-corrected chi connectivity index (χ1v) is 7.33. The van der Waals surface area contributed by atoms with Gasteiger partial charge in [0.05, 0.1) is 0 Å². The van der Waals surface area contributed by atoms with Crippen LogP contribution in [0.2, 0.25) is 0 Å². The van der Waals surface area contributed by atoms with Crippen LogP contribution in [0.1, 0.15) is 31.2 Å². The molecule has 18 heavy (non-hydrogen) atoms. The monoisotopic (exact) mass is 244 g/mol. The van der Waals surface area contributed by atoms with Crippen molar-refractivity contribution in [3.8, 4) is 0 Å². The molecule has 2 heteroatoms. The molecule has 2 fully saturated rings. The molecule has 2 aliphatic rings. The van der Waals surface area contributed by atoms with Crippen LogP contribution >= 0.6 is 0 Å². The standard InChI is InChI=1S/C16H24N2/c1-2-5-15(6-3-1)13-18-12-9-16(14-18)7-4-10-17-11-8-16/h1-3,5-6,17H,4,7-14H2/t16-/m0/s1. The van der Waals surface area contributed by atoms with Crippen molar-refractivity contribution in [1.29, 1.82) is 0 Å². The van der Waals surface area contributed by atoms with E-state index >= 15 is 0 Å². The first-order chi connectivity index (χ1) is 8.86. The van der Waals surface area contributed by atoms with Crippen molar-refractivity contribution in [1.82, 2.24) is 10.2 Å². The van der Waals surface area contributed by atoms with E-state index in [2.05, 4.69) is 40.5 Å². The molecule has 0 saturated carbocycles. The van der Waals surface area contributed by atoms with Gasteiger partial charge in [0, 0.05) is 13.1 Å². The van der Waals surface area contributed by atoms with Crippen LogP contribution in [0.3, 0.4) is 0 Å². The van der Waals surface area contributed by atoms with E-state index < -0.39 is 0 Å². The van der Waals surface area contributed by atoms with Crippen LogP contribution in [0.5, 0.6) is 0 Å². The van der Waals surface area contributed by atoms with Crippen molar-refractivity contribution in [3.63, 3.8) is 0 Å². The summed E-state index contributed by atoms with van der Waals surface area (Å²) >= 11 is 0. The highest BCUT2D eigenvalue weighted by Gasteiger charge is 2.37. The van der Waals surface area contributed by atoms with E-state index in [1.807, 2.05) is 0 Å². The molecule has 3 rings (SSSR count). The molecule has 0 aliphatic carbocycles. The number of hydrogen-bond donors (Lipinski definition) is 1. The second-order valence-electron chi connectivity index (χ2n) is 6.05. The zero-order valence-electron chi connectivity index (χ0n) is 11.2. The van der Waals surface area contributed by atoms with Gasteiger partial charge in [-0.05, 0) is 56.3 Å². The van der Waals surface area contributed by atoms with Crippen LogP contribution in [-0.2, 0) is 6.54 Å². The van der Waals surface area contributed by atoms with Crippen molar-refractivity contribution in [2.45, 2.75) is 32.2 Å². The topological polar surface area (TPSA) is 15.3 Å². The molecule has 1 N–H and O–H groups in total. The summed E-state index contributed by atoms with van der Waals surface area (Å²) < 4.78 is 0. The lowest BCUT2D eigenvalue weighted by atomic mass is 9.80. The van der Waals surface area contributed by atoms with Crippen molar-refractivity contribution >= 4 is 0 Å². The Balaban J connectivity index is 1.60. The zero-order chi connectivity index (χ0) is 12.3. The van der Waals surface area contributed by atoms with E-state index in [1.165, 1.54) is 57.4 Å². The van der Waals surface area contributed by atoms with Gasteiger partial charge in [-0.15, -0.1) is 0 Å². The largest absolute Gasteiger partial charge is 0.317 e. The minimum atomic E-state index is 0.623. The number of likely N-dealkylation sites (tertiary alicyclic amines) is 1. The molecule has 0 amide bonds. The second kappa shape index (κ2) is 5.41. The van der Waals surface area contributed by atoms with E-state index in [9.17, 15) is 0 Å². The summed E-state index contributed by atoms with van der Waals surface area (Å²) in [5.74, 6) is 0. The van der Waals surface area contributed by atoms with Gasteiger partial charge in [-0.25, -0.2) is 0 Å². The third-order valence-electron chi connectivity index (χ3n) is 4.66. The molecule has 1 atom stereocenters. The molecule has 0 radical (unpaired) electrons. The van der Waals surface area contributed by atoms with Crippen LogP contribution < -0.4 is 5.32 Å². The Bertz CT molecular complexity index is 366. The highest BCUT2D eigenvalue weighted by atomic mass is 15.2. The molecule has 2 heterocycles. The number of benzene rings is 1. The van der Waals surface area contributed by atoms with Crippen molar-refractivity contribution in [3.05, 3.63) is 35.9 Å². The van der Waals surface area contributed by atoms with Crippen molar-refractivity contribution < 1.29 is 0 Å². The van der Waals surface area contributed by atoms with Crippen molar-refractivity contribution in [2.75, 3.05) is 26.2 Å². The van der Waals surface area contributed by atoms with Crippen LogP contribution in [0.4, 0.5) is 0 Å². The molecule has 1 aromatic carbocycles. The maximum Gasteiger partial charge on any atom is 0.0233 e. The van der Waals surface area contributed by atoms with Gasteiger partial charge in [-0.1, -0.05) is 30.3 Å². The lowest BCUT2D eigenvalue weighted by Crippen LogP contribution is -2.28. The Kier molecular flexibility index (Phi) is 3.67. The SMILES string of the molecule is c1ccc(CN2CC[C@@]3(CCCNCC3)C2)cc1. The summed E-state index contributed by atoms with van der Waals surface area (Å²) in [5.41, 5.74) is 2.08. The van der Waals surface area contributed by atoms with Gasteiger partial charge in [0.25, 0.3) is 0 Å². The van der Waals surface area contributed by atoms with E-state index in [0.29, 0.717) is 5.41 Å². The molecule has 2 aliphatic heterocycles. The zero-order valence-corrected chi connectivity index (χ0v) is 11.2. The Labute approximate surface area is 110 Å². The average molecular weight is 244 g/mol. The third kappa shape index (κ3) is 2.76. The number of rotatable bonds is 2. The Morgan fingerprint density at radius 2 is 1.94 bits per heavy atom. The summed E-state index contributed by atoms with van der Waals surface area (Å²) in [6, 6.07) is 10.9. The molecule has 1 aromatic rings. The average Bonchev–Trinajstić information content (AvgIpc) is 2.64. The lowest BCUT2D eigenvalue weighted by molar-refractivity contribution is 0.229. The quantitative estimate of drug-likeness (QED) is 0.860. The minimum absolute atomic E-state index is 0.623. The smallest absolute Gasteiger partial charge is 0.0233 e. The van der Waals surface area contributed by atoms with Crippen LogP contribution in [0.25, 0.3) is 0 Å².